The van der Waals surface area contributed by atoms with Crippen molar-refractivity contribution in [1.82, 2.24) is 58.2 Å². The Labute approximate surface area is 610 Å². The van der Waals surface area contributed by atoms with Crippen LogP contribution >= 0.6 is 0 Å². The Hall–Kier alpha value is -12.1. The zero-order valence-electron chi connectivity index (χ0n) is 62.3. The van der Waals surface area contributed by atoms with Gasteiger partial charge in [0.1, 0.15) is 68.6 Å². The minimum atomic E-state index is -0.0777. The van der Waals surface area contributed by atoms with Gasteiger partial charge in [0, 0.05) is 90.7 Å². The summed E-state index contributed by atoms with van der Waals surface area (Å²) < 4.78 is 29.7. The number of anilines is 4. The van der Waals surface area contributed by atoms with Crippen LogP contribution in [0.5, 0.6) is 0 Å². The molecule has 0 radical (unpaired) electrons. The van der Waals surface area contributed by atoms with E-state index in [2.05, 4.69) is 248 Å². The van der Waals surface area contributed by atoms with Crippen LogP contribution in [-0.2, 0) is 0 Å². The fourth-order valence-electron chi connectivity index (χ4n) is 12.7. The summed E-state index contributed by atoms with van der Waals surface area (Å²) in [5.74, 6) is 3.99. The zero-order chi connectivity index (χ0) is 73.3. The molecule has 17 aromatic rings. The highest BCUT2D eigenvalue weighted by Crippen LogP contribution is 2.39. The van der Waals surface area contributed by atoms with E-state index in [0.717, 1.165) is 169 Å². The minimum absolute atomic E-state index is 0. The van der Waals surface area contributed by atoms with Crippen molar-refractivity contribution < 1.29 is 18.1 Å². The number of nitrogens with zero attached hydrogens (tertiary/aromatic N) is 12. The predicted molar refractivity (Wildman–Crippen MR) is 427 cm³/mol. The minimum Gasteiger partial charge on any atom is -0.365 e. The number of nitrogens with one attached hydrogen (secondary N) is 4. The highest BCUT2D eigenvalue weighted by molar-refractivity contribution is 5.91. The van der Waals surface area contributed by atoms with E-state index in [0.29, 0.717) is 0 Å². The maximum atomic E-state index is 5.33. The van der Waals surface area contributed by atoms with E-state index in [-0.39, 0.29) is 29.6 Å². The highest BCUT2D eigenvalue weighted by atomic mass is 16.5. The van der Waals surface area contributed by atoms with E-state index >= 15 is 0 Å². The van der Waals surface area contributed by atoms with Crippen LogP contribution in [0.25, 0.3) is 123 Å². The maximum Gasteiger partial charge on any atom is 0.167 e. The number of fused-ring (bicyclic) bond motifs is 8. The number of hydrogen-bond donors (Lipinski definition) is 4. The van der Waals surface area contributed by atoms with Crippen LogP contribution in [0.15, 0.2) is 201 Å². The first-order chi connectivity index (χ1) is 49.4. The van der Waals surface area contributed by atoms with Crippen molar-refractivity contribution in [3.8, 4) is 56.2 Å². The standard InChI is InChI=1S/C25H24N4O.2C20H22N4O.C19H20N4O.CH4/c1-16-20-15-19(12-13-21(20)30-28-16)17-8-10-18(11-9-17)23-24(27-25(2,3)4)29-14-6-5-7-22(29)26-23;1-12-6-9-17-21-18(19(24(17)11-12)22-20(3,4)5)14-7-8-16-15(10-14)13(2)23-25-16;1-12-8-9-24-17(10-12)21-18(19(24)22-20(3,4)5)14-6-7-16-15(11-14)13(2)23-25-16;1-12-14-11-13(8-9-15(14)24-22-12)17-18(21-19(2,3)4)23-10-6-5-7-16(23)20-17;/h5-15,27H,1-4H3;2*6-11,22H,1-5H3;5-11,21H,1-4H3;1H4. The third-order valence-electron chi connectivity index (χ3n) is 17.5. The number of aromatic nitrogens is 12. The van der Waals surface area contributed by atoms with Gasteiger partial charge in [-0.25, -0.2) is 19.9 Å². The molecule has 536 valence electrons. The SMILES string of the molecule is C.Cc1ccc2nc(-c3ccc4onc(C)c4c3)c(NC(C)(C)C)n2c1.Cc1ccn2c(NC(C)(C)C)c(-c3ccc4onc(C)c4c3)nc2c1.Cc1noc2ccc(-c3ccc(-c4nc5ccccn5c4NC(C)(C)C)cc3)cc12.Cc1noc2ccc(-c3nc4ccccn4c3NC(C)(C)C)cc12. The summed E-state index contributed by atoms with van der Waals surface area (Å²) >= 11 is 0. The molecule has 0 bridgehead atoms. The molecule has 0 aliphatic rings. The Bertz CT molecular complexity index is 5940. The lowest BCUT2D eigenvalue weighted by Crippen LogP contribution is -2.27. The molecule has 17 rings (SSSR count). The van der Waals surface area contributed by atoms with Crippen molar-refractivity contribution in [3.05, 3.63) is 216 Å². The lowest BCUT2D eigenvalue weighted by atomic mass is 10.0. The average molecular weight is 1400 g/mol. The summed E-state index contributed by atoms with van der Waals surface area (Å²) in [6.07, 6.45) is 8.26. The van der Waals surface area contributed by atoms with Crippen molar-refractivity contribution in [2.24, 2.45) is 0 Å². The van der Waals surface area contributed by atoms with Gasteiger partial charge < -0.3 is 39.4 Å². The Morgan fingerprint density at radius 3 is 0.990 bits per heavy atom. The summed E-state index contributed by atoms with van der Waals surface area (Å²) in [4.78, 5) is 19.5. The summed E-state index contributed by atoms with van der Waals surface area (Å²) in [6, 6.07) is 53.4. The van der Waals surface area contributed by atoms with Gasteiger partial charge in [0.15, 0.2) is 22.3 Å². The lowest BCUT2D eigenvalue weighted by molar-refractivity contribution is 0.450. The number of imidazole rings is 4. The summed E-state index contributed by atoms with van der Waals surface area (Å²) in [5.41, 5.74) is 22.8. The van der Waals surface area contributed by atoms with Gasteiger partial charge in [0.2, 0.25) is 0 Å². The second-order valence-electron chi connectivity index (χ2n) is 31.0. The van der Waals surface area contributed by atoms with E-state index in [9.17, 15) is 0 Å². The van der Waals surface area contributed by atoms with E-state index in [1.807, 2.05) is 119 Å². The highest BCUT2D eigenvalue weighted by Gasteiger charge is 2.25. The first-order valence-corrected chi connectivity index (χ1v) is 35.1. The monoisotopic (exact) mass is 1400 g/mol. The van der Waals surface area contributed by atoms with Gasteiger partial charge in [0.05, 0.1) is 22.8 Å². The van der Waals surface area contributed by atoms with E-state index in [4.69, 9.17) is 38.0 Å². The zero-order valence-corrected chi connectivity index (χ0v) is 62.3. The molecule has 0 aliphatic carbocycles. The molecule has 0 spiro atoms. The number of hydrogen-bond acceptors (Lipinski definition) is 16. The van der Waals surface area contributed by atoms with Crippen LogP contribution in [0.1, 0.15) is 124 Å². The molecule has 0 fully saturated rings. The van der Waals surface area contributed by atoms with Gasteiger partial charge in [0.25, 0.3) is 0 Å². The van der Waals surface area contributed by atoms with Crippen molar-refractivity contribution in [2.45, 2.75) is 154 Å². The van der Waals surface area contributed by atoms with Crippen LogP contribution in [0.3, 0.4) is 0 Å². The second-order valence-corrected chi connectivity index (χ2v) is 31.0. The van der Waals surface area contributed by atoms with Crippen LogP contribution in [0, 0.1) is 41.5 Å². The first kappa shape index (κ1) is 71.3. The Kier molecular flexibility index (Phi) is 18.8. The summed E-state index contributed by atoms with van der Waals surface area (Å²) in [7, 11) is 0. The molecule has 4 N–H and O–H groups in total. The predicted octanol–water partition coefficient (Wildman–Crippen LogP) is 21.6. The Balaban J connectivity index is 0.000000124. The second kappa shape index (κ2) is 27.6. The molecule has 0 unspecified atom stereocenters. The molecule has 0 saturated carbocycles. The smallest absolute Gasteiger partial charge is 0.167 e. The molecule has 12 heterocycles. The van der Waals surface area contributed by atoms with Gasteiger partial charge in [-0.2, -0.15) is 0 Å². The molecular weight excluding hydrogens is 1310 g/mol. The summed E-state index contributed by atoms with van der Waals surface area (Å²) in [5, 5.41) is 34.7. The topological polar surface area (TPSA) is 221 Å². The third kappa shape index (κ3) is 15.1. The normalized spacial score (nSPS) is 12.0. The molecule has 105 heavy (non-hydrogen) atoms. The average Bonchev–Trinajstić information content (AvgIpc) is 1.65. The van der Waals surface area contributed by atoms with Gasteiger partial charge >= 0.3 is 0 Å². The molecule has 0 amide bonds. The van der Waals surface area contributed by atoms with Crippen LogP contribution in [0.4, 0.5) is 23.3 Å². The molecule has 0 aliphatic heterocycles. The molecule has 20 heteroatoms. The number of benzene rings is 5. The molecule has 0 atom stereocenters. The van der Waals surface area contributed by atoms with Crippen molar-refractivity contribution in [3.63, 3.8) is 0 Å². The van der Waals surface area contributed by atoms with Gasteiger partial charge in [-0.05, 0) is 256 Å². The van der Waals surface area contributed by atoms with E-state index in [1.54, 1.807) is 0 Å². The lowest BCUT2D eigenvalue weighted by Gasteiger charge is -2.22. The van der Waals surface area contributed by atoms with Crippen molar-refractivity contribution >= 4 is 89.7 Å². The largest absolute Gasteiger partial charge is 0.365 e. The van der Waals surface area contributed by atoms with Crippen molar-refractivity contribution in [2.75, 3.05) is 21.3 Å². The van der Waals surface area contributed by atoms with Gasteiger partial charge in [-0.1, -0.05) is 76.6 Å². The maximum absolute atomic E-state index is 5.33. The molecular formula is C85H92N16O4. The third-order valence-corrected chi connectivity index (χ3v) is 17.5. The fourth-order valence-corrected chi connectivity index (χ4v) is 12.7. The number of pyridine rings is 4. The quantitative estimate of drug-likeness (QED) is 0.106. The molecule has 5 aromatic carbocycles. The summed E-state index contributed by atoms with van der Waals surface area (Å²) in [6.45, 7) is 37.8. The van der Waals surface area contributed by atoms with Crippen LogP contribution in [0.2, 0.25) is 0 Å². The van der Waals surface area contributed by atoms with Gasteiger partial charge in [-0.3, -0.25) is 17.6 Å². The van der Waals surface area contributed by atoms with Gasteiger partial charge in [-0.15, -0.1) is 0 Å². The van der Waals surface area contributed by atoms with Crippen molar-refractivity contribution in [1.29, 1.82) is 0 Å². The molecule has 12 aromatic heterocycles. The van der Waals surface area contributed by atoms with E-state index < -0.39 is 0 Å². The number of rotatable bonds is 9. The first-order valence-electron chi connectivity index (χ1n) is 35.1. The molecule has 0 saturated heterocycles. The Morgan fingerprint density at radius 1 is 0.286 bits per heavy atom. The van der Waals surface area contributed by atoms with Crippen LogP contribution in [-0.4, -0.2) is 80.3 Å². The van der Waals surface area contributed by atoms with E-state index in [1.165, 1.54) is 11.1 Å². The molecule has 20 nitrogen and oxygen atoms in total. The fraction of sp³-hybridized carbons (Fsp3) is 0.271. The van der Waals surface area contributed by atoms with Crippen LogP contribution < -0.4 is 21.3 Å². The Morgan fingerprint density at radius 2 is 0.600 bits per heavy atom. The number of aryl methyl sites for hydroxylation is 6.